The van der Waals surface area contributed by atoms with Gasteiger partial charge in [-0.2, -0.15) is 0 Å². The first-order chi connectivity index (χ1) is 12.7. The molecule has 0 radical (unpaired) electrons. The van der Waals surface area contributed by atoms with Crippen LogP contribution in [-0.4, -0.2) is 71.0 Å². The Hall–Kier alpha value is -1.26. The van der Waals surface area contributed by atoms with E-state index in [0.717, 1.165) is 50.1 Å². The number of rotatable bonds is 9. The van der Waals surface area contributed by atoms with Crippen molar-refractivity contribution >= 4 is 29.9 Å². The molecule has 1 unspecified atom stereocenters. The summed E-state index contributed by atoms with van der Waals surface area (Å²) >= 11 is 0. The van der Waals surface area contributed by atoms with E-state index in [1.165, 1.54) is 5.56 Å². The van der Waals surface area contributed by atoms with Crippen LogP contribution in [0.15, 0.2) is 23.2 Å². The SMILES string of the molecule is CCNC(=NCCOC)NC1CCN(Cc2cc(OC)cc(OC)c2)C1.I. The van der Waals surface area contributed by atoms with Gasteiger partial charge in [0, 0.05) is 45.4 Å². The highest BCUT2D eigenvalue weighted by Crippen LogP contribution is 2.24. The van der Waals surface area contributed by atoms with Gasteiger partial charge in [0.05, 0.1) is 27.4 Å². The quantitative estimate of drug-likeness (QED) is 0.238. The standard InChI is InChI=1S/C19H32N4O3.HI/c1-5-20-19(21-7-9-24-2)22-16-6-8-23(14-16)13-15-10-17(25-3)12-18(11-15)26-4;/h10-12,16H,5-9,13-14H2,1-4H3,(H2,20,21,22);1H. The van der Waals surface area contributed by atoms with Crippen LogP contribution in [-0.2, 0) is 11.3 Å². The molecule has 1 heterocycles. The highest BCUT2D eigenvalue weighted by atomic mass is 127. The van der Waals surface area contributed by atoms with Gasteiger partial charge < -0.3 is 24.8 Å². The van der Waals surface area contributed by atoms with Gasteiger partial charge in [0.15, 0.2) is 5.96 Å². The van der Waals surface area contributed by atoms with Crippen molar-refractivity contribution in [2.45, 2.75) is 25.9 Å². The maximum absolute atomic E-state index is 5.36. The van der Waals surface area contributed by atoms with Crippen LogP contribution in [0, 0.1) is 0 Å². The van der Waals surface area contributed by atoms with Gasteiger partial charge in [-0.25, -0.2) is 0 Å². The van der Waals surface area contributed by atoms with Gasteiger partial charge in [0.25, 0.3) is 0 Å². The van der Waals surface area contributed by atoms with E-state index >= 15 is 0 Å². The van der Waals surface area contributed by atoms with Crippen molar-refractivity contribution in [3.63, 3.8) is 0 Å². The summed E-state index contributed by atoms with van der Waals surface area (Å²) < 4.78 is 15.8. The fraction of sp³-hybridized carbons (Fsp3) is 0.632. The average molecular weight is 492 g/mol. The third-order valence-electron chi connectivity index (χ3n) is 4.34. The van der Waals surface area contributed by atoms with Gasteiger partial charge >= 0.3 is 0 Å². The number of methoxy groups -OCH3 is 3. The molecule has 0 amide bonds. The summed E-state index contributed by atoms with van der Waals surface area (Å²) in [5.74, 6) is 2.51. The first-order valence-corrected chi connectivity index (χ1v) is 9.16. The predicted octanol–water partition coefficient (Wildman–Crippen LogP) is 2.10. The number of benzene rings is 1. The number of hydrogen-bond donors (Lipinski definition) is 2. The molecule has 0 aromatic heterocycles. The largest absolute Gasteiger partial charge is 0.497 e. The summed E-state index contributed by atoms with van der Waals surface area (Å²) in [5.41, 5.74) is 1.20. The van der Waals surface area contributed by atoms with Crippen LogP contribution >= 0.6 is 24.0 Å². The lowest BCUT2D eigenvalue weighted by Crippen LogP contribution is -2.44. The molecule has 0 aliphatic carbocycles. The molecule has 8 heteroatoms. The lowest BCUT2D eigenvalue weighted by atomic mass is 10.2. The fourth-order valence-corrected chi connectivity index (χ4v) is 3.07. The number of nitrogens with zero attached hydrogens (tertiary/aromatic N) is 2. The molecule has 7 nitrogen and oxygen atoms in total. The van der Waals surface area contributed by atoms with E-state index in [2.05, 4.69) is 39.6 Å². The summed E-state index contributed by atoms with van der Waals surface area (Å²) in [6, 6.07) is 6.43. The summed E-state index contributed by atoms with van der Waals surface area (Å²) in [6.07, 6.45) is 1.09. The highest BCUT2D eigenvalue weighted by Gasteiger charge is 2.23. The number of guanidine groups is 1. The Morgan fingerprint density at radius 2 is 1.89 bits per heavy atom. The van der Waals surface area contributed by atoms with Crippen molar-refractivity contribution in [2.24, 2.45) is 4.99 Å². The highest BCUT2D eigenvalue weighted by molar-refractivity contribution is 14.0. The Kier molecular flexibility index (Phi) is 11.5. The summed E-state index contributed by atoms with van der Waals surface area (Å²) in [7, 11) is 5.05. The van der Waals surface area contributed by atoms with Crippen LogP contribution in [0.2, 0.25) is 0 Å². The molecule has 1 atom stereocenters. The lowest BCUT2D eigenvalue weighted by Gasteiger charge is -2.19. The molecule has 1 aliphatic rings. The predicted molar refractivity (Wildman–Crippen MR) is 120 cm³/mol. The van der Waals surface area contributed by atoms with E-state index in [-0.39, 0.29) is 24.0 Å². The van der Waals surface area contributed by atoms with Crippen LogP contribution < -0.4 is 20.1 Å². The number of halogens is 1. The molecule has 1 fully saturated rings. The monoisotopic (exact) mass is 492 g/mol. The van der Waals surface area contributed by atoms with E-state index in [1.54, 1.807) is 21.3 Å². The Bertz CT molecular complexity index is 564. The van der Waals surface area contributed by atoms with E-state index in [9.17, 15) is 0 Å². The van der Waals surface area contributed by atoms with E-state index < -0.39 is 0 Å². The number of hydrogen-bond acceptors (Lipinski definition) is 5. The van der Waals surface area contributed by atoms with Crippen molar-refractivity contribution in [3.05, 3.63) is 23.8 Å². The van der Waals surface area contributed by atoms with Gasteiger partial charge in [0.1, 0.15) is 11.5 Å². The molecule has 1 saturated heterocycles. The maximum Gasteiger partial charge on any atom is 0.191 e. The van der Waals surface area contributed by atoms with Crippen LogP contribution in [0.3, 0.4) is 0 Å². The third kappa shape index (κ3) is 8.10. The van der Waals surface area contributed by atoms with Gasteiger partial charge in [-0.05, 0) is 31.0 Å². The Balaban J connectivity index is 0.00000364. The normalized spacial score (nSPS) is 17.3. The zero-order valence-corrected chi connectivity index (χ0v) is 19.1. The third-order valence-corrected chi connectivity index (χ3v) is 4.34. The van der Waals surface area contributed by atoms with E-state index in [1.807, 2.05) is 6.07 Å². The molecular weight excluding hydrogens is 459 g/mol. The molecule has 2 rings (SSSR count). The van der Waals surface area contributed by atoms with Crippen LogP contribution in [0.4, 0.5) is 0 Å². The molecular formula is C19H33IN4O3. The first kappa shape index (κ1) is 23.8. The average Bonchev–Trinajstić information content (AvgIpc) is 3.08. The number of aliphatic imine (C=N–C) groups is 1. The topological polar surface area (TPSA) is 67.4 Å². The maximum atomic E-state index is 5.36. The molecule has 27 heavy (non-hydrogen) atoms. The second kappa shape index (κ2) is 13.0. The second-order valence-corrected chi connectivity index (χ2v) is 6.34. The summed E-state index contributed by atoms with van der Waals surface area (Å²) in [4.78, 5) is 6.97. The summed E-state index contributed by atoms with van der Waals surface area (Å²) in [6.45, 7) is 7.12. The first-order valence-electron chi connectivity index (χ1n) is 9.16. The molecule has 0 spiro atoms. The van der Waals surface area contributed by atoms with E-state index in [0.29, 0.717) is 19.2 Å². The Morgan fingerprint density at radius 3 is 2.48 bits per heavy atom. The van der Waals surface area contributed by atoms with Crippen LogP contribution in [0.1, 0.15) is 18.9 Å². The molecule has 1 aromatic rings. The Morgan fingerprint density at radius 1 is 1.19 bits per heavy atom. The van der Waals surface area contributed by atoms with Gasteiger partial charge in [0.2, 0.25) is 0 Å². The van der Waals surface area contributed by atoms with Gasteiger partial charge in [-0.3, -0.25) is 9.89 Å². The van der Waals surface area contributed by atoms with Gasteiger partial charge in [-0.15, -0.1) is 24.0 Å². The van der Waals surface area contributed by atoms with Crippen LogP contribution in [0.25, 0.3) is 0 Å². The molecule has 1 aliphatic heterocycles. The smallest absolute Gasteiger partial charge is 0.191 e. The molecule has 0 saturated carbocycles. The molecule has 2 N–H and O–H groups in total. The van der Waals surface area contributed by atoms with Gasteiger partial charge in [-0.1, -0.05) is 0 Å². The van der Waals surface area contributed by atoms with Crippen molar-refractivity contribution in [2.75, 3.05) is 54.1 Å². The Labute approximate surface area is 179 Å². The lowest BCUT2D eigenvalue weighted by molar-refractivity contribution is 0.208. The van der Waals surface area contributed by atoms with Crippen LogP contribution in [0.5, 0.6) is 11.5 Å². The fourth-order valence-electron chi connectivity index (χ4n) is 3.07. The van der Waals surface area contributed by atoms with E-state index in [4.69, 9.17) is 14.2 Å². The molecule has 154 valence electrons. The minimum absolute atomic E-state index is 0. The zero-order chi connectivity index (χ0) is 18.8. The number of nitrogens with one attached hydrogen (secondary N) is 2. The summed E-state index contributed by atoms with van der Waals surface area (Å²) in [5, 5.41) is 6.82. The second-order valence-electron chi connectivity index (χ2n) is 6.34. The van der Waals surface area contributed by atoms with Crippen molar-refractivity contribution in [3.8, 4) is 11.5 Å². The number of likely N-dealkylation sites (tertiary alicyclic amines) is 1. The minimum Gasteiger partial charge on any atom is -0.497 e. The molecule has 1 aromatic carbocycles. The number of ether oxygens (including phenoxy) is 3. The minimum atomic E-state index is 0. The van der Waals surface area contributed by atoms with Crippen molar-refractivity contribution < 1.29 is 14.2 Å². The zero-order valence-electron chi connectivity index (χ0n) is 16.8. The van der Waals surface area contributed by atoms with Crippen molar-refractivity contribution in [1.29, 1.82) is 0 Å². The molecule has 0 bridgehead atoms. The van der Waals surface area contributed by atoms with Crippen molar-refractivity contribution in [1.82, 2.24) is 15.5 Å².